The molecule has 15 nitrogen and oxygen atoms in total. The van der Waals surface area contributed by atoms with Gasteiger partial charge in [0, 0.05) is 105 Å². The van der Waals surface area contributed by atoms with Crippen LogP contribution >= 0.6 is 0 Å². The molecular weight excluding hydrogens is 926 g/mol. The first-order valence-electron chi connectivity index (χ1n) is 22.9. The number of fused-ring (bicyclic) bond motifs is 2. The fourth-order valence-corrected chi connectivity index (χ4v) is 11.5. The first-order chi connectivity index (χ1) is 33.0. The highest BCUT2D eigenvalue weighted by molar-refractivity contribution is 7.90. The Morgan fingerprint density at radius 2 is 1.62 bits per heavy atom. The summed E-state index contributed by atoms with van der Waals surface area (Å²) in [5.41, 5.74) is 2.54. The first kappa shape index (κ1) is 46.3. The molecule has 0 radical (unpaired) electrons. The number of benzene rings is 3. The van der Waals surface area contributed by atoms with Crippen molar-refractivity contribution in [3.63, 3.8) is 0 Å². The molecule has 0 aliphatic carbocycles. The molecule has 2 aromatic heterocycles. The number of pyridine rings is 1. The number of nitrogens with zero attached hydrogens (tertiary/aromatic N) is 6. The van der Waals surface area contributed by atoms with Gasteiger partial charge in [0.25, 0.3) is 11.8 Å². The number of imide groups is 1. The summed E-state index contributed by atoms with van der Waals surface area (Å²) < 4.78 is 104. The molecule has 362 valence electrons. The van der Waals surface area contributed by atoms with Crippen LogP contribution in [0.5, 0.6) is 0 Å². The van der Waals surface area contributed by atoms with Gasteiger partial charge in [0.1, 0.15) is 23.7 Å². The number of aromatic amines is 1. The second kappa shape index (κ2) is 18.1. The SMILES string of the molecule is O=C1CCC(N2Cc3cc(N4CCC(CN5CCN(c6ccc(-c7cnc8[nH]cc(C(=O)c9c(F)ccc(NS(=O)(=O)N%10CC[C@@H](F)C%10)c9F)c8c7)cc6)CC(F)(F)C5)CC4)ccc3C2=O)C(=O)N1. The molecule has 3 amide bonds. The van der Waals surface area contributed by atoms with Gasteiger partial charge in [-0.05, 0) is 91.3 Å². The molecule has 5 aliphatic rings. The van der Waals surface area contributed by atoms with Crippen LogP contribution in [0.3, 0.4) is 0 Å². The van der Waals surface area contributed by atoms with Gasteiger partial charge in [-0.15, -0.1) is 0 Å². The van der Waals surface area contributed by atoms with Gasteiger partial charge < -0.3 is 19.7 Å². The van der Waals surface area contributed by atoms with Gasteiger partial charge in [0.15, 0.2) is 5.82 Å². The number of aromatic nitrogens is 2. The van der Waals surface area contributed by atoms with E-state index in [1.54, 1.807) is 41.3 Å². The maximum absolute atomic E-state index is 15.8. The van der Waals surface area contributed by atoms with Gasteiger partial charge in [0.2, 0.25) is 17.6 Å². The molecule has 4 saturated heterocycles. The zero-order valence-electron chi connectivity index (χ0n) is 37.2. The molecule has 2 atom stereocenters. The highest BCUT2D eigenvalue weighted by Gasteiger charge is 2.41. The zero-order valence-corrected chi connectivity index (χ0v) is 38.0. The molecule has 7 heterocycles. The summed E-state index contributed by atoms with van der Waals surface area (Å²) in [6.07, 6.45) is 3.47. The monoisotopic (exact) mass is 973 g/mol. The summed E-state index contributed by atoms with van der Waals surface area (Å²) >= 11 is 0. The maximum atomic E-state index is 15.8. The lowest BCUT2D eigenvalue weighted by atomic mass is 9.95. The molecular formula is C48H48F5N9O6S. The summed E-state index contributed by atoms with van der Waals surface area (Å²) in [4.78, 5) is 65.6. The standard InChI is InChI=1S/C48H48F5N9O6S/c49-32-13-16-61(25-32)69(67,68)57-39-8-7-38(50)42(43(39)51)44(64)37-22-55-45-36(37)20-30(21-54-45)29-1-3-33(4-2-29)60-18-17-58(26-48(52,53)27-60)23-28-11-14-59(15-12-28)34-5-6-35-31(19-34)24-62(47(35)66)40-9-10-41(63)56-46(40)65/h1-8,19-22,28,32,40,57H,9-18,23-27H2,(H,54,55)(H,56,63,65)/t32-,40?/m1/s1. The number of amides is 3. The summed E-state index contributed by atoms with van der Waals surface area (Å²) in [6.45, 7) is 1.67. The Balaban J connectivity index is 0.764. The van der Waals surface area contributed by atoms with E-state index < -0.39 is 76.0 Å². The average Bonchev–Trinajstić information content (AvgIpc) is 4.02. The van der Waals surface area contributed by atoms with Crippen molar-refractivity contribution in [1.82, 2.24) is 29.4 Å². The highest BCUT2D eigenvalue weighted by Crippen LogP contribution is 2.35. The molecule has 5 aliphatic heterocycles. The number of H-pyrrole nitrogens is 1. The topological polar surface area (TPSA) is 171 Å². The third-order valence-electron chi connectivity index (χ3n) is 13.9. The Labute approximate surface area is 393 Å². The summed E-state index contributed by atoms with van der Waals surface area (Å²) in [5, 5.41) is 2.56. The molecule has 3 N–H and O–H groups in total. The Hall–Kier alpha value is -6.45. The van der Waals surface area contributed by atoms with Gasteiger partial charge in [-0.2, -0.15) is 12.7 Å². The van der Waals surface area contributed by atoms with Crippen molar-refractivity contribution in [3.8, 4) is 11.1 Å². The lowest BCUT2D eigenvalue weighted by Gasteiger charge is -2.36. The van der Waals surface area contributed by atoms with Crippen molar-refractivity contribution in [2.75, 3.05) is 73.4 Å². The van der Waals surface area contributed by atoms with E-state index in [1.807, 2.05) is 21.8 Å². The van der Waals surface area contributed by atoms with Crippen LogP contribution in [0.15, 0.2) is 73.1 Å². The van der Waals surface area contributed by atoms with E-state index in [2.05, 4.69) is 20.2 Å². The lowest BCUT2D eigenvalue weighted by molar-refractivity contribution is -0.136. The first-order valence-corrected chi connectivity index (χ1v) is 24.3. The van der Waals surface area contributed by atoms with E-state index in [1.165, 1.54) is 17.3 Å². The van der Waals surface area contributed by atoms with Crippen LogP contribution in [0.25, 0.3) is 22.2 Å². The molecule has 4 fully saturated rings. The largest absolute Gasteiger partial charge is 0.372 e. The van der Waals surface area contributed by atoms with Crippen LogP contribution in [0.1, 0.15) is 63.9 Å². The van der Waals surface area contributed by atoms with Crippen molar-refractivity contribution < 1.29 is 49.5 Å². The van der Waals surface area contributed by atoms with Gasteiger partial charge in [-0.1, -0.05) is 12.1 Å². The van der Waals surface area contributed by atoms with Crippen LogP contribution in [0.4, 0.5) is 39.0 Å². The second-order valence-corrected chi connectivity index (χ2v) is 20.2. The minimum atomic E-state index is -4.40. The van der Waals surface area contributed by atoms with Gasteiger partial charge in [0.05, 0.1) is 24.3 Å². The predicted molar refractivity (Wildman–Crippen MR) is 246 cm³/mol. The van der Waals surface area contributed by atoms with Crippen LogP contribution in [0.2, 0.25) is 0 Å². The van der Waals surface area contributed by atoms with E-state index in [0.717, 1.165) is 53.6 Å². The van der Waals surface area contributed by atoms with Gasteiger partial charge in [-0.25, -0.2) is 26.9 Å². The number of carbonyl (C=O) groups is 4. The number of alkyl halides is 3. The Morgan fingerprint density at radius 1 is 0.855 bits per heavy atom. The van der Waals surface area contributed by atoms with Crippen LogP contribution in [0, 0.1) is 17.6 Å². The maximum Gasteiger partial charge on any atom is 0.301 e. The van der Waals surface area contributed by atoms with E-state index in [-0.39, 0.29) is 66.8 Å². The zero-order chi connectivity index (χ0) is 48.4. The molecule has 0 saturated carbocycles. The number of hydrogen-bond donors (Lipinski definition) is 3. The predicted octanol–water partition coefficient (Wildman–Crippen LogP) is 5.87. The van der Waals surface area contributed by atoms with E-state index in [9.17, 15) is 32.0 Å². The third-order valence-corrected chi connectivity index (χ3v) is 15.4. The normalized spacial score (nSPS) is 21.8. The summed E-state index contributed by atoms with van der Waals surface area (Å²) in [7, 11) is -4.40. The number of hydrogen-bond acceptors (Lipinski definition) is 10. The van der Waals surface area contributed by atoms with Crippen LogP contribution in [-0.4, -0.2) is 133 Å². The van der Waals surface area contributed by atoms with Crippen LogP contribution < -0.4 is 19.8 Å². The van der Waals surface area contributed by atoms with Crippen molar-refractivity contribution in [1.29, 1.82) is 0 Å². The number of ketones is 1. The second-order valence-electron chi connectivity index (χ2n) is 18.5. The minimum Gasteiger partial charge on any atom is -0.372 e. The Bertz CT molecular complexity index is 2980. The summed E-state index contributed by atoms with van der Waals surface area (Å²) in [5.74, 6) is -7.54. The molecule has 5 aromatic rings. The number of halogens is 5. The van der Waals surface area contributed by atoms with Gasteiger partial charge in [-0.3, -0.25) is 34.1 Å². The highest BCUT2D eigenvalue weighted by atomic mass is 32.2. The quantitative estimate of drug-likeness (QED) is 0.0826. The fourth-order valence-electron chi connectivity index (χ4n) is 10.2. The van der Waals surface area contributed by atoms with Crippen molar-refractivity contribution in [3.05, 3.63) is 107 Å². The van der Waals surface area contributed by atoms with Crippen molar-refractivity contribution >= 4 is 61.8 Å². The Kier molecular flexibility index (Phi) is 12.2. The van der Waals surface area contributed by atoms with E-state index >= 15 is 17.6 Å². The number of carbonyl (C=O) groups excluding carboxylic acids is 4. The molecule has 0 bridgehead atoms. The lowest BCUT2D eigenvalue weighted by Crippen LogP contribution is -2.52. The summed E-state index contributed by atoms with van der Waals surface area (Å²) in [6, 6.07) is 15.2. The molecule has 1 unspecified atom stereocenters. The van der Waals surface area contributed by atoms with Crippen molar-refractivity contribution in [2.45, 2.75) is 56.8 Å². The number of anilines is 3. The number of rotatable bonds is 11. The van der Waals surface area contributed by atoms with E-state index in [4.69, 9.17) is 0 Å². The molecule has 10 rings (SSSR count). The molecule has 3 aromatic carbocycles. The minimum absolute atomic E-state index is 0.0254. The van der Waals surface area contributed by atoms with E-state index in [0.29, 0.717) is 48.4 Å². The fraction of sp³-hybridized carbons (Fsp3) is 0.396. The average molecular weight is 974 g/mol. The molecule has 21 heteroatoms. The van der Waals surface area contributed by atoms with Crippen LogP contribution in [-0.2, 0) is 26.3 Å². The number of nitrogens with one attached hydrogen (secondary N) is 3. The Morgan fingerprint density at radius 3 is 2.36 bits per heavy atom. The third kappa shape index (κ3) is 9.26. The smallest absolute Gasteiger partial charge is 0.301 e. The van der Waals surface area contributed by atoms with Gasteiger partial charge >= 0.3 is 10.2 Å². The number of piperidine rings is 2. The molecule has 0 spiro atoms. The van der Waals surface area contributed by atoms with Crippen molar-refractivity contribution in [2.24, 2.45) is 5.92 Å². The molecule has 69 heavy (non-hydrogen) atoms.